The maximum atomic E-state index is 12.7. The van der Waals surface area contributed by atoms with Gasteiger partial charge < -0.3 is 19.2 Å². The second-order valence-electron chi connectivity index (χ2n) is 8.54. The molecule has 1 N–H and O–H groups in total. The summed E-state index contributed by atoms with van der Waals surface area (Å²) >= 11 is 1.37. The summed E-state index contributed by atoms with van der Waals surface area (Å²) in [5.74, 6) is 2.38. The highest BCUT2D eigenvalue weighted by atomic mass is 32.2. The Hall–Kier alpha value is -3.30. The van der Waals surface area contributed by atoms with E-state index in [0.717, 1.165) is 53.3 Å². The van der Waals surface area contributed by atoms with E-state index < -0.39 is 0 Å². The standard InChI is InChI=1S/C26H28N4O4S/c1-17(23-14-19-6-3-4-8-22(19)34-23)27-24(31)16-35-26-29-28-25(18-9-11-20(32-2)12-10-18)30(26)15-21-7-5-13-33-21/h3-4,6,8-12,14,17,21H,5,7,13,15-16H2,1-2H3,(H,27,31)/t17-,21-/m1/s1. The zero-order chi connectivity index (χ0) is 24.2. The van der Waals surface area contributed by atoms with Gasteiger partial charge in [-0.1, -0.05) is 30.0 Å². The van der Waals surface area contributed by atoms with E-state index in [1.54, 1.807) is 7.11 Å². The normalized spacial score (nSPS) is 16.5. The summed E-state index contributed by atoms with van der Waals surface area (Å²) in [4.78, 5) is 12.7. The Morgan fingerprint density at radius 1 is 1.23 bits per heavy atom. The van der Waals surface area contributed by atoms with E-state index in [-0.39, 0.29) is 23.8 Å². The molecule has 2 atom stereocenters. The van der Waals surface area contributed by atoms with E-state index in [2.05, 4.69) is 20.1 Å². The van der Waals surface area contributed by atoms with Crippen LogP contribution in [0.2, 0.25) is 0 Å². The summed E-state index contributed by atoms with van der Waals surface area (Å²) in [6.45, 7) is 3.34. The molecule has 0 radical (unpaired) electrons. The topological polar surface area (TPSA) is 91.4 Å². The lowest BCUT2D eigenvalue weighted by molar-refractivity contribution is -0.119. The average Bonchev–Trinajstić information content (AvgIpc) is 3.63. The van der Waals surface area contributed by atoms with Crippen LogP contribution in [0.1, 0.15) is 31.6 Å². The van der Waals surface area contributed by atoms with E-state index in [1.807, 2.05) is 61.5 Å². The molecule has 8 nitrogen and oxygen atoms in total. The van der Waals surface area contributed by atoms with Crippen molar-refractivity contribution in [3.63, 3.8) is 0 Å². The van der Waals surface area contributed by atoms with Gasteiger partial charge in [0.15, 0.2) is 11.0 Å². The van der Waals surface area contributed by atoms with Crippen LogP contribution in [0.5, 0.6) is 5.75 Å². The number of benzene rings is 2. The number of rotatable bonds is 9. The molecule has 182 valence electrons. The van der Waals surface area contributed by atoms with Crippen LogP contribution in [0, 0.1) is 0 Å². The first-order chi connectivity index (χ1) is 17.1. The molecule has 1 aliphatic heterocycles. The van der Waals surface area contributed by atoms with Crippen molar-refractivity contribution in [1.29, 1.82) is 0 Å². The fraction of sp³-hybridized carbons (Fsp3) is 0.346. The highest BCUT2D eigenvalue weighted by molar-refractivity contribution is 7.99. The number of hydrogen-bond acceptors (Lipinski definition) is 7. The fourth-order valence-corrected chi connectivity index (χ4v) is 4.96. The summed E-state index contributed by atoms with van der Waals surface area (Å²) in [5.41, 5.74) is 1.75. The smallest absolute Gasteiger partial charge is 0.231 e. The predicted octanol–water partition coefficient (Wildman–Crippen LogP) is 4.85. The molecule has 3 heterocycles. The van der Waals surface area contributed by atoms with Crippen molar-refractivity contribution in [3.8, 4) is 17.1 Å². The quantitative estimate of drug-likeness (QED) is 0.334. The number of nitrogens with zero attached hydrogens (tertiary/aromatic N) is 3. The Bertz CT molecular complexity index is 1260. The van der Waals surface area contributed by atoms with Crippen molar-refractivity contribution < 1.29 is 18.7 Å². The zero-order valence-electron chi connectivity index (χ0n) is 19.8. The van der Waals surface area contributed by atoms with Crippen molar-refractivity contribution in [1.82, 2.24) is 20.1 Å². The molecule has 1 aliphatic rings. The fourth-order valence-electron chi connectivity index (χ4n) is 4.21. The monoisotopic (exact) mass is 492 g/mol. The van der Waals surface area contributed by atoms with Crippen molar-refractivity contribution in [2.24, 2.45) is 0 Å². The first kappa shape index (κ1) is 23.4. The molecule has 2 aromatic heterocycles. The van der Waals surface area contributed by atoms with Crippen LogP contribution in [0.25, 0.3) is 22.4 Å². The molecule has 2 aromatic carbocycles. The Morgan fingerprint density at radius 3 is 2.80 bits per heavy atom. The van der Waals surface area contributed by atoms with Crippen LogP contribution in [-0.2, 0) is 16.1 Å². The minimum absolute atomic E-state index is 0.0966. The Morgan fingerprint density at radius 2 is 2.06 bits per heavy atom. The molecule has 1 fully saturated rings. The number of amides is 1. The van der Waals surface area contributed by atoms with Gasteiger partial charge in [0.05, 0.1) is 31.6 Å². The number of carbonyl (C=O) groups is 1. The van der Waals surface area contributed by atoms with Gasteiger partial charge in [-0.25, -0.2) is 0 Å². The van der Waals surface area contributed by atoms with Crippen LogP contribution >= 0.6 is 11.8 Å². The van der Waals surface area contributed by atoms with Crippen molar-refractivity contribution >= 4 is 28.6 Å². The lowest BCUT2D eigenvalue weighted by atomic mass is 10.2. The lowest BCUT2D eigenvalue weighted by Gasteiger charge is -2.15. The SMILES string of the molecule is COc1ccc(-c2nnc(SCC(=O)N[C@H](C)c3cc4ccccc4o3)n2C[C@H]2CCCO2)cc1. The summed E-state index contributed by atoms with van der Waals surface area (Å²) in [6, 6.07) is 17.3. The number of hydrogen-bond donors (Lipinski definition) is 1. The molecule has 9 heteroatoms. The average molecular weight is 493 g/mol. The number of fused-ring (bicyclic) bond motifs is 1. The summed E-state index contributed by atoms with van der Waals surface area (Å²) in [6.07, 6.45) is 2.17. The molecule has 0 aliphatic carbocycles. The van der Waals surface area contributed by atoms with Crippen LogP contribution in [-0.4, -0.2) is 46.2 Å². The third-order valence-corrected chi connectivity index (χ3v) is 7.02. The summed E-state index contributed by atoms with van der Waals surface area (Å²) in [5, 5.41) is 13.6. The molecule has 0 bridgehead atoms. The number of furan rings is 1. The van der Waals surface area contributed by atoms with Crippen LogP contribution in [0.15, 0.2) is 64.2 Å². The number of ether oxygens (including phenoxy) is 2. The number of para-hydroxylation sites is 1. The van der Waals surface area contributed by atoms with Crippen LogP contribution in [0.3, 0.4) is 0 Å². The van der Waals surface area contributed by atoms with Gasteiger partial charge in [-0.3, -0.25) is 9.36 Å². The molecule has 4 aromatic rings. The molecule has 1 saturated heterocycles. The minimum atomic E-state index is -0.241. The van der Waals surface area contributed by atoms with Crippen LogP contribution in [0.4, 0.5) is 0 Å². The van der Waals surface area contributed by atoms with E-state index >= 15 is 0 Å². The number of aromatic nitrogens is 3. The second kappa shape index (κ2) is 10.5. The molecule has 0 saturated carbocycles. The highest BCUT2D eigenvalue weighted by Crippen LogP contribution is 2.28. The number of thioether (sulfide) groups is 1. The Kier molecular flexibility index (Phi) is 7.06. The van der Waals surface area contributed by atoms with Crippen LogP contribution < -0.4 is 10.1 Å². The molecule has 35 heavy (non-hydrogen) atoms. The maximum absolute atomic E-state index is 12.7. The van der Waals surface area contributed by atoms with Crippen molar-refractivity contribution in [2.75, 3.05) is 19.5 Å². The van der Waals surface area contributed by atoms with Gasteiger partial charge in [-0.15, -0.1) is 10.2 Å². The van der Waals surface area contributed by atoms with Gasteiger partial charge in [0, 0.05) is 17.6 Å². The van der Waals surface area contributed by atoms with E-state index in [1.165, 1.54) is 11.8 Å². The first-order valence-corrected chi connectivity index (χ1v) is 12.7. The summed E-state index contributed by atoms with van der Waals surface area (Å²) < 4.78 is 19.1. The molecule has 0 unspecified atom stereocenters. The maximum Gasteiger partial charge on any atom is 0.231 e. The van der Waals surface area contributed by atoms with E-state index in [4.69, 9.17) is 13.9 Å². The number of methoxy groups -OCH3 is 1. The minimum Gasteiger partial charge on any atom is -0.497 e. The lowest BCUT2D eigenvalue weighted by Crippen LogP contribution is -2.28. The van der Waals surface area contributed by atoms with Gasteiger partial charge in [-0.05, 0) is 56.2 Å². The Balaban J connectivity index is 1.28. The zero-order valence-corrected chi connectivity index (χ0v) is 20.6. The van der Waals surface area contributed by atoms with Crippen molar-refractivity contribution in [3.05, 3.63) is 60.4 Å². The highest BCUT2D eigenvalue weighted by Gasteiger charge is 2.23. The van der Waals surface area contributed by atoms with Gasteiger partial charge in [0.25, 0.3) is 0 Å². The third kappa shape index (κ3) is 5.36. The number of carbonyl (C=O) groups excluding carboxylic acids is 1. The Labute approximate surface area is 208 Å². The molecule has 5 rings (SSSR count). The largest absolute Gasteiger partial charge is 0.497 e. The molecular formula is C26H28N4O4S. The van der Waals surface area contributed by atoms with Gasteiger partial charge in [-0.2, -0.15) is 0 Å². The van der Waals surface area contributed by atoms with Gasteiger partial charge >= 0.3 is 0 Å². The van der Waals surface area contributed by atoms with Gasteiger partial charge in [0.2, 0.25) is 5.91 Å². The third-order valence-electron chi connectivity index (χ3n) is 6.06. The molecule has 1 amide bonds. The summed E-state index contributed by atoms with van der Waals surface area (Å²) in [7, 11) is 1.64. The van der Waals surface area contributed by atoms with E-state index in [9.17, 15) is 4.79 Å². The predicted molar refractivity (Wildman–Crippen MR) is 134 cm³/mol. The van der Waals surface area contributed by atoms with Gasteiger partial charge in [0.1, 0.15) is 17.1 Å². The molecule has 0 spiro atoms. The number of nitrogens with one attached hydrogen (secondary N) is 1. The van der Waals surface area contributed by atoms with E-state index in [0.29, 0.717) is 11.7 Å². The first-order valence-electron chi connectivity index (χ1n) is 11.7. The second-order valence-corrected chi connectivity index (χ2v) is 9.49. The van der Waals surface area contributed by atoms with Crippen molar-refractivity contribution in [2.45, 2.75) is 43.6 Å². The molecular weight excluding hydrogens is 464 g/mol.